The van der Waals surface area contributed by atoms with Crippen LogP contribution in [0.4, 0.5) is 14.5 Å². The first-order valence-electron chi connectivity index (χ1n) is 12.5. The fourth-order valence-corrected chi connectivity index (χ4v) is 5.15. The number of benzene rings is 3. The van der Waals surface area contributed by atoms with Crippen LogP contribution in [0, 0.1) is 11.6 Å². The molecule has 0 aromatic heterocycles. The summed E-state index contributed by atoms with van der Waals surface area (Å²) >= 11 is 6.18. The highest BCUT2D eigenvalue weighted by atomic mass is 35.5. The van der Waals surface area contributed by atoms with Gasteiger partial charge in [0, 0.05) is 29.6 Å². The topological polar surface area (TPSA) is 86.8 Å². The van der Waals surface area contributed by atoms with Crippen molar-refractivity contribution in [3.63, 3.8) is 0 Å². The molecule has 1 atom stereocenters. The first kappa shape index (κ1) is 31.0. The molecule has 0 saturated carbocycles. The van der Waals surface area contributed by atoms with Gasteiger partial charge in [-0.15, -0.1) is 0 Å². The van der Waals surface area contributed by atoms with E-state index in [2.05, 4.69) is 5.32 Å². The summed E-state index contributed by atoms with van der Waals surface area (Å²) in [5.74, 6) is -3.58. The Bertz CT molecular complexity index is 1460. The smallest absolute Gasteiger partial charge is 0.244 e. The summed E-state index contributed by atoms with van der Waals surface area (Å²) in [5, 5.41) is 3.34. The van der Waals surface area contributed by atoms with E-state index in [4.69, 9.17) is 11.6 Å². The molecule has 3 aromatic rings. The molecule has 0 spiro atoms. The molecule has 0 aliphatic heterocycles. The molecule has 11 heteroatoms. The van der Waals surface area contributed by atoms with Crippen molar-refractivity contribution in [1.82, 2.24) is 10.2 Å². The molecular formula is C29H32ClF2N3O4S. The van der Waals surface area contributed by atoms with Gasteiger partial charge < -0.3 is 10.2 Å². The Kier molecular flexibility index (Phi) is 9.92. The van der Waals surface area contributed by atoms with Gasteiger partial charge in [0.25, 0.3) is 0 Å². The largest absolute Gasteiger partial charge is 0.350 e. The average molecular weight is 592 g/mol. The van der Waals surface area contributed by atoms with Crippen LogP contribution in [-0.4, -0.2) is 49.5 Å². The van der Waals surface area contributed by atoms with E-state index in [0.717, 1.165) is 24.0 Å². The van der Waals surface area contributed by atoms with Crippen molar-refractivity contribution in [1.29, 1.82) is 0 Å². The Morgan fingerprint density at radius 1 is 0.925 bits per heavy atom. The summed E-state index contributed by atoms with van der Waals surface area (Å²) in [6, 6.07) is 17.4. The number of nitrogens with zero attached hydrogens (tertiary/aromatic N) is 2. The number of nitrogens with one attached hydrogen (secondary N) is 1. The van der Waals surface area contributed by atoms with Crippen LogP contribution in [0.3, 0.4) is 0 Å². The molecule has 3 rings (SSSR count). The normalized spacial score (nSPS) is 12.5. The van der Waals surface area contributed by atoms with E-state index in [1.807, 2.05) is 51.1 Å². The lowest BCUT2D eigenvalue weighted by Gasteiger charge is -2.35. The summed E-state index contributed by atoms with van der Waals surface area (Å²) < 4.78 is 53.7. The minimum Gasteiger partial charge on any atom is -0.350 e. The summed E-state index contributed by atoms with van der Waals surface area (Å²) in [6.07, 6.45) is 0.996. The van der Waals surface area contributed by atoms with Gasteiger partial charge in [0.1, 0.15) is 12.6 Å². The summed E-state index contributed by atoms with van der Waals surface area (Å²) in [7, 11) is -4.11. The number of anilines is 1. The van der Waals surface area contributed by atoms with Crippen molar-refractivity contribution in [3.05, 3.63) is 101 Å². The first-order chi connectivity index (χ1) is 18.6. The maximum Gasteiger partial charge on any atom is 0.244 e. The Morgan fingerprint density at radius 3 is 2.15 bits per heavy atom. The molecule has 214 valence electrons. The second-order valence-corrected chi connectivity index (χ2v) is 12.8. The molecule has 0 bridgehead atoms. The number of halogens is 3. The SMILES string of the molecule is CC(C)(C)NC(=O)[C@H](Cc1ccccc1)N(Cc1cccc(Cl)c1)C(=O)CN(c1ccc(F)c(F)c1)S(C)(=O)=O. The highest BCUT2D eigenvalue weighted by molar-refractivity contribution is 7.92. The highest BCUT2D eigenvalue weighted by Crippen LogP contribution is 2.23. The van der Waals surface area contributed by atoms with Gasteiger partial charge in [-0.1, -0.05) is 54.1 Å². The van der Waals surface area contributed by atoms with Gasteiger partial charge in [-0.05, 0) is 56.2 Å². The molecule has 40 heavy (non-hydrogen) atoms. The quantitative estimate of drug-likeness (QED) is 0.362. The highest BCUT2D eigenvalue weighted by Gasteiger charge is 2.34. The van der Waals surface area contributed by atoms with E-state index < -0.39 is 51.6 Å². The number of carbonyl (C=O) groups excluding carboxylic acids is 2. The Labute approximate surface area is 238 Å². The number of hydrogen-bond donors (Lipinski definition) is 1. The van der Waals surface area contributed by atoms with Gasteiger partial charge in [-0.3, -0.25) is 13.9 Å². The molecule has 0 aliphatic carbocycles. The van der Waals surface area contributed by atoms with Crippen LogP contribution >= 0.6 is 11.6 Å². The lowest BCUT2D eigenvalue weighted by Crippen LogP contribution is -2.56. The van der Waals surface area contributed by atoms with Gasteiger partial charge in [0.05, 0.1) is 11.9 Å². The Morgan fingerprint density at radius 2 is 1.57 bits per heavy atom. The molecule has 0 heterocycles. The third-order valence-electron chi connectivity index (χ3n) is 5.88. The monoisotopic (exact) mass is 591 g/mol. The molecule has 0 radical (unpaired) electrons. The van der Waals surface area contributed by atoms with Crippen molar-refractivity contribution >= 4 is 39.1 Å². The van der Waals surface area contributed by atoms with Crippen LogP contribution in [0.2, 0.25) is 5.02 Å². The van der Waals surface area contributed by atoms with Gasteiger partial charge >= 0.3 is 0 Å². The van der Waals surface area contributed by atoms with Crippen LogP contribution in [-0.2, 0) is 32.6 Å². The lowest BCUT2D eigenvalue weighted by molar-refractivity contribution is -0.140. The van der Waals surface area contributed by atoms with E-state index in [-0.39, 0.29) is 18.7 Å². The summed E-state index contributed by atoms with van der Waals surface area (Å²) in [5.41, 5.74) is 0.541. The van der Waals surface area contributed by atoms with Crippen LogP contribution in [0.15, 0.2) is 72.8 Å². The fraction of sp³-hybridized carbons (Fsp3) is 0.310. The Hall–Kier alpha value is -3.50. The number of rotatable bonds is 10. The predicted octanol–water partition coefficient (Wildman–Crippen LogP) is 4.94. The van der Waals surface area contributed by atoms with Crippen molar-refractivity contribution < 1.29 is 26.8 Å². The molecular weight excluding hydrogens is 560 g/mol. The molecule has 1 N–H and O–H groups in total. The Balaban J connectivity index is 2.09. The first-order valence-corrected chi connectivity index (χ1v) is 14.7. The molecule has 2 amide bonds. The molecule has 7 nitrogen and oxygen atoms in total. The molecule has 0 fully saturated rings. The molecule has 0 unspecified atom stereocenters. The minimum atomic E-state index is -4.11. The van der Waals surface area contributed by atoms with Crippen molar-refractivity contribution in [2.75, 3.05) is 17.1 Å². The number of hydrogen-bond acceptors (Lipinski definition) is 4. The van der Waals surface area contributed by atoms with Gasteiger partial charge in [0.2, 0.25) is 21.8 Å². The van der Waals surface area contributed by atoms with Crippen LogP contribution in [0.1, 0.15) is 31.9 Å². The zero-order valence-corrected chi connectivity index (χ0v) is 24.3. The van der Waals surface area contributed by atoms with E-state index >= 15 is 0 Å². The van der Waals surface area contributed by atoms with Crippen molar-refractivity contribution in [2.24, 2.45) is 0 Å². The van der Waals surface area contributed by atoms with Gasteiger partial charge in [-0.2, -0.15) is 0 Å². The second-order valence-electron chi connectivity index (χ2n) is 10.5. The zero-order valence-electron chi connectivity index (χ0n) is 22.7. The second kappa shape index (κ2) is 12.8. The van der Waals surface area contributed by atoms with E-state index in [0.29, 0.717) is 21.0 Å². The summed E-state index contributed by atoms with van der Waals surface area (Å²) in [6.45, 7) is 4.61. The van der Waals surface area contributed by atoms with Crippen LogP contribution in [0.5, 0.6) is 0 Å². The number of amides is 2. The number of sulfonamides is 1. The van der Waals surface area contributed by atoms with E-state index in [9.17, 15) is 26.8 Å². The van der Waals surface area contributed by atoms with E-state index in [1.165, 1.54) is 4.90 Å². The molecule has 0 saturated heterocycles. The van der Waals surface area contributed by atoms with Crippen LogP contribution in [0.25, 0.3) is 0 Å². The fourth-order valence-electron chi connectivity index (χ4n) is 4.09. The average Bonchev–Trinajstić information content (AvgIpc) is 2.85. The maximum absolute atomic E-state index is 14.0. The predicted molar refractivity (Wildman–Crippen MR) is 152 cm³/mol. The van der Waals surface area contributed by atoms with Crippen LogP contribution < -0.4 is 9.62 Å². The van der Waals surface area contributed by atoms with Crippen molar-refractivity contribution in [2.45, 2.75) is 45.3 Å². The van der Waals surface area contributed by atoms with Crippen molar-refractivity contribution in [3.8, 4) is 0 Å². The summed E-state index contributed by atoms with van der Waals surface area (Å²) in [4.78, 5) is 28.9. The maximum atomic E-state index is 14.0. The van der Waals surface area contributed by atoms with Gasteiger partial charge in [-0.25, -0.2) is 17.2 Å². The number of carbonyl (C=O) groups is 2. The standard InChI is InChI=1S/C29H32ClF2N3O4S/c1-29(2,3)33-28(37)26(16-20-9-6-5-7-10-20)34(18-21-11-8-12-22(30)15-21)27(36)19-35(40(4,38)39)23-13-14-24(31)25(32)17-23/h5-15,17,26H,16,18-19H2,1-4H3,(H,33,37)/t26-/m0/s1. The molecule has 0 aliphatic rings. The van der Waals surface area contributed by atoms with E-state index in [1.54, 1.807) is 24.3 Å². The lowest BCUT2D eigenvalue weighted by atomic mass is 10.0. The third-order valence-corrected chi connectivity index (χ3v) is 7.26. The molecule has 3 aromatic carbocycles. The zero-order chi connectivity index (χ0) is 29.7. The van der Waals surface area contributed by atoms with Gasteiger partial charge in [0.15, 0.2) is 11.6 Å². The minimum absolute atomic E-state index is 0.0656. The third kappa shape index (κ3) is 8.76.